The first kappa shape index (κ1) is 15.3. The van der Waals surface area contributed by atoms with E-state index in [9.17, 15) is 9.90 Å². The Morgan fingerprint density at radius 2 is 2.29 bits per heavy atom. The molecular weight excluding hydrogens is 317 g/mol. The smallest absolute Gasteiger partial charge is 0.548 e. The number of aliphatic imine (C=N–C) groups is 1. The summed E-state index contributed by atoms with van der Waals surface area (Å²) < 4.78 is 1.10. The third-order valence-electron chi connectivity index (χ3n) is 3.43. The average Bonchev–Trinajstić information content (AvgIpc) is 3.13. The second kappa shape index (κ2) is 5.89. The summed E-state index contributed by atoms with van der Waals surface area (Å²) >= 11 is 2.99. The first-order valence-electron chi connectivity index (χ1n) is 6.30. The number of anilines is 1. The zero-order valence-electron chi connectivity index (χ0n) is 11.4. The van der Waals surface area contributed by atoms with Crippen LogP contribution in [0.15, 0.2) is 17.1 Å². The minimum atomic E-state index is -1.11. The molecule has 0 bridgehead atoms. The number of thiazole rings is 1. The Morgan fingerprint density at radius 1 is 1.43 bits per heavy atom. The minimum absolute atomic E-state index is 0. The Labute approximate surface area is 151 Å². The molecule has 102 valence electrons. The molecule has 3 heterocycles. The van der Waals surface area contributed by atoms with Gasteiger partial charge < -0.3 is 15.2 Å². The van der Waals surface area contributed by atoms with Crippen LogP contribution in [0.2, 0.25) is 0 Å². The van der Waals surface area contributed by atoms with Gasteiger partial charge in [0, 0.05) is 18.0 Å². The number of hydrogen-bond donors (Lipinski definition) is 1. The van der Waals surface area contributed by atoms with Gasteiger partial charge in [0.25, 0.3) is 0 Å². The predicted molar refractivity (Wildman–Crippen MR) is 79.6 cm³/mol. The molecule has 2 aromatic rings. The number of rotatable bonds is 2. The fourth-order valence-corrected chi connectivity index (χ4v) is 4.50. The molecule has 5 nitrogen and oxygen atoms in total. The van der Waals surface area contributed by atoms with Crippen LogP contribution in [0.5, 0.6) is 0 Å². The van der Waals surface area contributed by atoms with Gasteiger partial charge >= 0.3 is 29.6 Å². The molecule has 0 fully saturated rings. The van der Waals surface area contributed by atoms with E-state index in [-0.39, 0.29) is 29.6 Å². The average molecular weight is 327 g/mol. The van der Waals surface area contributed by atoms with Crippen LogP contribution in [0.4, 0.5) is 5.69 Å². The summed E-state index contributed by atoms with van der Waals surface area (Å²) in [5.41, 5.74) is 3.44. The van der Waals surface area contributed by atoms with Gasteiger partial charge in [0.05, 0.1) is 16.2 Å². The number of carboxylic acid groups (broad SMARTS) is 1. The summed E-state index contributed by atoms with van der Waals surface area (Å²) in [6.45, 7) is 0.981. The Hall–Kier alpha value is -0.600. The van der Waals surface area contributed by atoms with E-state index in [0.29, 0.717) is 10.8 Å². The van der Waals surface area contributed by atoms with Crippen molar-refractivity contribution >= 4 is 50.0 Å². The van der Waals surface area contributed by atoms with E-state index in [4.69, 9.17) is 0 Å². The Balaban J connectivity index is 0.00000132. The topological polar surface area (TPSA) is 77.4 Å². The molecule has 0 unspecified atom stereocenters. The number of carbonyl (C=O) groups excluding carboxylic acids is 1. The molecule has 2 aliphatic heterocycles. The molecule has 21 heavy (non-hydrogen) atoms. The van der Waals surface area contributed by atoms with Crippen LogP contribution in [-0.4, -0.2) is 34.3 Å². The molecule has 0 spiro atoms. The van der Waals surface area contributed by atoms with E-state index in [1.807, 2.05) is 0 Å². The molecule has 0 radical (unpaired) electrons. The number of thioether (sulfide) groups is 1. The first-order valence-corrected chi connectivity index (χ1v) is 8.10. The fourth-order valence-electron chi connectivity index (χ4n) is 2.42. The molecule has 1 atom stereocenters. The summed E-state index contributed by atoms with van der Waals surface area (Å²) in [5.74, 6) is -0.678. The summed E-state index contributed by atoms with van der Waals surface area (Å²) in [4.78, 5) is 19.6. The second-order valence-corrected chi connectivity index (χ2v) is 6.79. The van der Waals surface area contributed by atoms with Gasteiger partial charge in [0.15, 0.2) is 0 Å². The van der Waals surface area contributed by atoms with Crippen LogP contribution >= 0.6 is 23.1 Å². The largest absolute Gasteiger partial charge is 1.00 e. The zero-order valence-corrected chi connectivity index (χ0v) is 15.0. The summed E-state index contributed by atoms with van der Waals surface area (Å²) in [7, 11) is 0. The molecule has 1 aromatic carbocycles. The van der Waals surface area contributed by atoms with Gasteiger partial charge in [-0.3, -0.25) is 4.99 Å². The van der Waals surface area contributed by atoms with Gasteiger partial charge in [-0.05, 0) is 24.1 Å². The van der Waals surface area contributed by atoms with Gasteiger partial charge in [-0.15, -0.1) is 23.1 Å². The maximum absolute atomic E-state index is 10.8. The van der Waals surface area contributed by atoms with Crippen molar-refractivity contribution in [2.24, 2.45) is 4.99 Å². The number of aliphatic carboxylic acids is 1. The van der Waals surface area contributed by atoms with Crippen molar-refractivity contribution in [2.75, 3.05) is 17.6 Å². The third kappa shape index (κ3) is 2.73. The summed E-state index contributed by atoms with van der Waals surface area (Å²) in [6, 6.07) is 3.49. The van der Waals surface area contributed by atoms with Crippen LogP contribution in [0, 0.1) is 0 Å². The number of carboxylic acids is 1. The summed E-state index contributed by atoms with van der Waals surface area (Å²) in [6.07, 6.45) is 1.03. The van der Waals surface area contributed by atoms with Crippen molar-refractivity contribution in [2.45, 2.75) is 12.5 Å². The van der Waals surface area contributed by atoms with E-state index < -0.39 is 12.0 Å². The number of hydrogen-bond acceptors (Lipinski definition) is 7. The third-order valence-corrected chi connectivity index (χ3v) is 5.64. The van der Waals surface area contributed by atoms with E-state index in [0.717, 1.165) is 28.2 Å². The second-order valence-electron chi connectivity index (χ2n) is 4.75. The molecular formula is C13H10N3NaO2S2. The van der Waals surface area contributed by atoms with Crippen molar-refractivity contribution in [3.05, 3.63) is 22.7 Å². The predicted octanol–water partition coefficient (Wildman–Crippen LogP) is -2.12. The van der Waals surface area contributed by atoms with Crippen molar-refractivity contribution in [1.29, 1.82) is 0 Å². The molecule has 0 saturated carbocycles. The number of carbonyl (C=O) groups is 1. The van der Waals surface area contributed by atoms with Crippen LogP contribution in [-0.2, 0) is 11.2 Å². The van der Waals surface area contributed by atoms with Gasteiger partial charge in [0.1, 0.15) is 16.1 Å². The Bertz CT molecular complexity index is 718. The maximum Gasteiger partial charge on any atom is 1.00 e. The molecule has 8 heteroatoms. The maximum atomic E-state index is 10.8. The molecule has 2 aliphatic rings. The summed E-state index contributed by atoms with van der Waals surface area (Å²) in [5, 5.41) is 15.7. The van der Waals surface area contributed by atoms with Crippen LogP contribution in [0.3, 0.4) is 0 Å². The Morgan fingerprint density at radius 3 is 3.05 bits per heavy atom. The molecule has 0 aliphatic carbocycles. The first-order chi connectivity index (χ1) is 9.70. The van der Waals surface area contributed by atoms with Crippen LogP contribution in [0.25, 0.3) is 10.2 Å². The number of fused-ring (bicyclic) bond motifs is 2. The van der Waals surface area contributed by atoms with Crippen molar-refractivity contribution in [3.63, 3.8) is 0 Å². The van der Waals surface area contributed by atoms with Gasteiger partial charge in [-0.2, -0.15) is 0 Å². The number of nitrogens with one attached hydrogen (secondary N) is 1. The van der Waals surface area contributed by atoms with Gasteiger partial charge in [-0.25, -0.2) is 4.98 Å². The number of nitrogens with zero attached hydrogens (tertiary/aromatic N) is 2. The number of benzene rings is 1. The Kier molecular flexibility index (Phi) is 4.29. The van der Waals surface area contributed by atoms with E-state index in [1.54, 1.807) is 11.3 Å². The van der Waals surface area contributed by atoms with E-state index >= 15 is 0 Å². The van der Waals surface area contributed by atoms with Crippen molar-refractivity contribution < 1.29 is 39.5 Å². The zero-order chi connectivity index (χ0) is 13.7. The molecule has 1 aromatic heterocycles. The quantitative estimate of drug-likeness (QED) is 0.638. The normalized spacial score (nSPS) is 19.8. The molecule has 4 rings (SSSR count). The minimum Gasteiger partial charge on any atom is -0.548 e. The molecule has 1 N–H and O–H groups in total. The fraction of sp³-hybridized carbons (Fsp3) is 0.308. The van der Waals surface area contributed by atoms with Crippen molar-refractivity contribution in [3.8, 4) is 0 Å². The monoisotopic (exact) mass is 327 g/mol. The van der Waals surface area contributed by atoms with Crippen LogP contribution < -0.4 is 40.0 Å². The van der Waals surface area contributed by atoms with Gasteiger partial charge in [-0.1, -0.05) is 0 Å². The number of aromatic nitrogens is 1. The molecule has 0 saturated heterocycles. The molecule has 0 amide bonds. The SMILES string of the molecule is O=C([O-])[C@H]1CSC(c2nc3cc4c(cc3s2)NCC4)=N1.[Na+]. The van der Waals surface area contributed by atoms with Crippen molar-refractivity contribution in [1.82, 2.24) is 4.98 Å². The van der Waals surface area contributed by atoms with E-state index in [2.05, 4.69) is 27.4 Å². The van der Waals surface area contributed by atoms with Gasteiger partial charge in [0.2, 0.25) is 0 Å². The van der Waals surface area contributed by atoms with Crippen LogP contribution in [0.1, 0.15) is 10.6 Å². The van der Waals surface area contributed by atoms with E-state index in [1.165, 1.54) is 23.0 Å². The standard InChI is InChI=1S/C13H11N3O2S2.Na/c17-13(18)9-5-19-11(16-9)12-15-8-3-6-1-2-14-7(6)4-10(8)20-12;/h3-4,9,14H,1-2,5H2,(H,17,18);/q;+1/p-1/t9-;/m1./s1.